The smallest absolute Gasteiger partial charge is 0.222 e. The Balaban J connectivity index is 0.000000151. The third kappa shape index (κ3) is 3.53. The molecule has 0 aromatic heterocycles. The van der Waals surface area contributed by atoms with Crippen LogP contribution < -0.4 is 0 Å². The topological polar surface area (TPSA) is 40.6 Å². The van der Waals surface area contributed by atoms with Gasteiger partial charge in [0.05, 0.1) is 0 Å². The number of carbonyl (C=O) groups excluding carboxylic acids is 2. The van der Waals surface area contributed by atoms with Crippen molar-refractivity contribution in [2.75, 3.05) is 27.2 Å². The van der Waals surface area contributed by atoms with Crippen LogP contribution in [-0.4, -0.2) is 48.8 Å². The first-order valence-corrected chi connectivity index (χ1v) is 5.48. The molecular weight excluding hydrogens is 192 g/mol. The molecule has 1 atom stereocenters. The molecule has 0 radical (unpaired) electrons. The molecule has 4 heteroatoms. The Bertz CT molecular complexity index is 253. The minimum atomic E-state index is 0.289. The third-order valence-electron chi connectivity index (χ3n) is 2.84. The zero-order valence-electron chi connectivity index (χ0n) is 9.82. The number of carbonyl (C=O) groups is 2. The lowest BCUT2D eigenvalue weighted by Gasteiger charge is -2.04. The van der Waals surface area contributed by atoms with Crippen molar-refractivity contribution in [3.05, 3.63) is 0 Å². The van der Waals surface area contributed by atoms with E-state index in [0.717, 1.165) is 32.4 Å². The number of hydrogen-bond donors (Lipinski definition) is 0. The molecule has 2 amide bonds. The van der Waals surface area contributed by atoms with Gasteiger partial charge in [-0.2, -0.15) is 0 Å². The fourth-order valence-electron chi connectivity index (χ4n) is 1.87. The van der Waals surface area contributed by atoms with Crippen LogP contribution in [0.3, 0.4) is 0 Å². The van der Waals surface area contributed by atoms with E-state index in [1.807, 2.05) is 14.1 Å². The van der Waals surface area contributed by atoms with Gasteiger partial charge in [0.2, 0.25) is 11.8 Å². The Morgan fingerprint density at radius 2 is 1.80 bits per heavy atom. The van der Waals surface area contributed by atoms with Gasteiger partial charge in [-0.3, -0.25) is 9.59 Å². The lowest BCUT2D eigenvalue weighted by molar-refractivity contribution is -0.127. The summed E-state index contributed by atoms with van der Waals surface area (Å²) in [6.45, 7) is 4.00. The summed E-state index contributed by atoms with van der Waals surface area (Å²) in [4.78, 5) is 24.8. The van der Waals surface area contributed by atoms with Gasteiger partial charge in [0.25, 0.3) is 0 Å². The third-order valence-corrected chi connectivity index (χ3v) is 2.84. The van der Waals surface area contributed by atoms with Crippen molar-refractivity contribution < 1.29 is 9.59 Å². The van der Waals surface area contributed by atoms with E-state index in [9.17, 15) is 9.59 Å². The average Bonchev–Trinajstić information content (AvgIpc) is 2.63. The molecule has 0 saturated carbocycles. The molecule has 15 heavy (non-hydrogen) atoms. The van der Waals surface area contributed by atoms with Gasteiger partial charge >= 0.3 is 0 Å². The van der Waals surface area contributed by atoms with Gasteiger partial charge < -0.3 is 9.80 Å². The van der Waals surface area contributed by atoms with E-state index in [0.29, 0.717) is 11.8 Å². The van der Waals surface area contributed by atoms with Gasteiger partial charge in [-0.05, 0) is 12.3 Å². The first-order chi connectivity index (χ1) is 7.00. The Morgan fingerprint density at radius 1 is 1.13 bits per heavy atom. The van der Waals surface area contributed by atoms with Crippen LogP contribution in [-0.2, 0) is 9.59 Å². The quantitative estimate of drug-likeness (QED) is 0.593. The average molecular weight is 212 g/mol. The highest BCUT2D eigenvalue weighted by atomic mass is 16.2. The first kappa shape index (κ1) is 12.0. The number of hydrogen-bond acceptors (Lipinski definition) is 2. The second-order valence-corrected chi connectivity index (χ2v) is 4.50. The monoisotopic (exact) mass is 212 g/mol. The number of rotatable bonds is 0. The fraction of sp³-hybridized carbons (Fsp3) is 0.818. The Hall–Kier alpha value is -1.06. The van der Waals surface area contributed by atoms with Gasteiger partial charge in [0.1, 0.15) is 0 Å². The molecule has 2 aliphatic rings. The van der Waals surface area contributed by atoms with Crippen LogP contribution in [0, 0.1) is 5.92 Å². The maximum atomic E-state index is 10.7. The molecule has 0 spiro atoms. The molecule has 0 aromatic rings. The Kier molecular flexibility index (Phi) is 4.12. The molecule has 2 rings (SSSR count). The molecule has 2 saturated heterocycles. The van der Waals surface area contributed by atoms with E-state index in [1.165, 1.54) is 0 Å². The summed E-state index contributed by atoms with van der Waals surface area (Å²) in [7, 11) is 3.70. The van der Waals surface area contributed by atoms with Crippen molar-refractivity contribution in [3.8, 4) is 0 Å². The molecule has 0 aromatic carbocycles. The van der Waals surface area contributed by atoms with E-state index in [2.05, 4.69) is 6.92 Å². The molecule has 2 heterocycles. The normalized spacial score (nSPS) is 25.7. The summed E-state index contributed by atoms with van der Waals surface area (Å²) >= 11 is 0. The van der Waals surface area contributed by atoms with Crippen LogP contribution in [0.25, 0.3) is 0 Å². The molecule has 2 aliphatic heterocycles. The highest BCUT2D eigenvalue weighted by Crippen LogP contribution is 2.13. The van der Waals surface area contributed by atoms with E-state index < -0.39 is 0 Å². The minimum Gasteiger partial charge on any atom is -0.346 e. The Labute approximate surface area is 91.2 Å². The van der Waals surface area contributed by atoms with Gasteiger partial charge in [0, 0.05) is 40.0 Å². The molecule has 2 fully saturated rings. The van der Waals surface area contributed by atoms with Gasteiger partial charge in [-0.1, -0.05) is 6.92 Å². The summed E-state index contributed by atoms with van der Waals surface area (Å²) in [6.07, 6.45) is 2.56. The maximum absolute atomic E-state index is 10.7. The van der Waals surface area contributed by atoms with E-state index >= 15 is 0 Å². The number of amides is 2. The number of likely N-dealkylation sites (tertiary alicyclic amines) is 2. The first-order valence-electron chi connectivity index (χ1n) is 5.48. The van der Waals surface area contributed by atoms with Crippen molar-refractivity contribution >= 4 is 11.8 Å². The SMILES string of the molecule is CC1CC(=O)N(C)C1.CN1CCCC1=O. The predicted octanol–water partition coefficient (Wildman–Crippen LogP) is 0.723. The summed E-state index contributed by atoms with van der Waals surface area (Å²) in [6, 6.07) is 0. The lowest BCUT2D eigenvalue weighted by atomic mass is 10.2. The van der Waals surface area contributed by atoms with Crippen LogP contribution in [0.15, 0.2) is 0 Å². The van der Waals surface area contributed by atoms with E-state index in [4.69, 9.17) is 0 Å². The molecule has 0 N–H and O–H groups in total. The molecule has 4 nitrogen and oxygen atoms in total. The molecule has 0 bridgehead atoms. The zero-order valence-corrected chi connectivity index (χ0v) is 9.82. The van der Waals surface area contributed by atoms with Crippen molar-refractivity contribution in [2.24, 2.45) is 5.92 Å². The second-order valence-electron chi connectivity index (χ2n) is 4.50. The van der Waals surface area contributed by atoms with Crippen LogP contribution in [0.1, 0.15) is 26.2 Å². The van der Waals surface area contributed by atoms with Gasteiger partial charge in [-0.15, -0.1) is 0 Å². The largest absolute Gasteiger partial charge is 0.346 e. The summed E-state index contributed by atoms with van der Waals surface area (Å²) in [5.74, 6) is 1.16. The van der Waals surface area contributed by atoms with Crippen molar-refractivity contribution in [2.45, 2.75) is 26.2 Å². The van der Waals surface area contributed by atoms with Gasteiger partial charge in [0.15, 0.2) is 0 Å². The highest BCUT2D eigenvalue weighted by Gasteiger charge is 2.22. The predicted molar refractivity (Wildman–Crippen MR) is 58.3 cm³/mol. The zero-order chi connectivity index (χ0) is 11.4. The van der Waals surface area contributed by atoms with Crippen molar-refractivity contribution in [3.63, 3.8) is 0 Å². The van der Waals surface area contributed by atoms with E-state index in [-0.39, 0.29) is 5.91 Å². The van der Waals surface area contributed by atoms with E-state index in [1.54, 1.807) is 9.80 Å². The van der Waals surface area contributed by atoms with Crippen LogP contribution in [0.4, 0.5) is 0 Å². The lowest BCUT2D eigenvalue weighted by Crippen LogP contribution is -2.18. The summed E-state index contributed by atoms with van der Waals surface area (Å²) in [5.41, 5.74) is 0. The molecular formula is C11H20N2O2. The van der Waals surface area contributed by atoms with Crippen molar-refractivity contribution in [1.29, 1.82) is 0 Å². The molecule has 0 aliphatic carbocycles. The van der Waals surface area contributed by atoms with Crippen LogP contribution >= 0.6 is 0 Å². The Morgan fingerprint density at radius 3 is 1.93 bits per heavy atom. The maximum Gasteiger partial charge on any atom is 0.222 e. The van der Waals surface area contributed by atoms with Gasteiger partial charge in [-0.25, -0.2) is 0 Å². The highest BCUT2D eigenvalue weighted by molar-refractivity contribution is 5.78. The van der Waals surface area contributed by atoms with Crippen molar-refractivity contribution in [1.82, 2.24) is 9.80 Å². The molecule has 1 unspecified atom stereocenters. The summed E-state index contributed by atoms with van der Waals surface area (Å²) < 4.78 is 0. The van der Waals surface area contributed by atoms with Crippen LogP contribution in [0.2, 0.25) is 0 Å². The standard InChI is InChI=1S/C6H11NO.C5H9NO/c1-5-3-6(8)7(2)4-5;1-6-4-2-3-5(6)7/h5H,3-4H2,1-2H3;2-4H2,1H3. The van der Waals surface area contributed by atoms with Crippen LogP contribution in [0.5, 0.6) is 0 Å². The second kappa shape index (κ2) is 5.14. The molecule has 86 valence electrons. The minimum absolute atomic E-state index is 0.289. The fourth-order valence-corrected chi connectivity index (χ4v) is 1.87. The summed E-state index contributed by atoms with van der Waals surface area (Å²) in [5, 5.41) is 0. The number of nitrogens with zero attached hydrogens (tertiary/aromatic N) is 2.